The molecule has 0 bridgehead atoms. The van der Waals surface area contributed by atoms with Crippen LogP contribution in [0.15, 0.2) is 54.6 Å². The van der Waals surface area contributed by atoms with Crippen LogP contribution in [0.5, 0.6) is 0 Å². The number of benzene rings is 2. The van der Waals surface area contributed by atoms with Crippen molar-refractivity contribution in [3.63, 3.8) is 0 Å². The predicted molar refractivity (Wildman–Crippen MR) is 88.1 cm³/mol. The minimum Gasteiger partial charge on any atom is -0.269 e. The molecule has 0 radical (unpaired) electrons. The molecule has 116 valence electrons. The van der Waals surface area contributed by atoms with Crippen LogP contribution in [-0.2, 0) is 0 Å². The summed E-state index contributed by atoms with van der Waals surface area (Å²) in [5.74, 6) is -0.326. The summed E-state index contributed by atoms with van der Waals surface area (Å²) in [6, 6.07) is 16.9. The van der Waals surface area contributed by atoms with E-state index in [9.17, 15) is 9.59 Å². The summed E-state index contributed by atoms with van der Waals surface area (Å²) in [6.45, 7) is 2.24. The van der Waals surface area contributed by atoms with Crippen LogP contribution in [0.3, 0.4) is 0 Å². The van der Waals surface area contributed by atoms with Gasteiger partial charge in [-0.15, -0.1) is 0 Å². The summed E-state index contributed by atoms with van der Waals surface area (Å²) in [6.07, 6.45) is 3.17. The molecule has 1 saturated carbocycles. The molecular formula is C20H19NO2. The Balaban J connectivity index is 1.75. The third kappa shape index (κ3) is 2.37. The van der Waals surface area contributed by atoms with Crippen molar-refractivity contribution >= 4 is 11.8 Å². The Morgan fingerprint density at radius 2 is 1.43 bits per heavy atom. The molecule has 1 fully saturated rings. The van der Waals surface area contributed by atoms with Crippen LogP contribution < -0.4 is 0 Å². The Morgan fingerprint density at radius 3 is 1.96 bits per heavy atom. The van der Waals surface area contributed by atoms with E-state index in [1.54, 1.807) is 12.1 Å². The standard InChI is InChI=1S/C20H19NO2/c1-20(11-12-20)13-17(14-7-3-2-4-8-14)21-18(22)15-9-5-6-10-16(15)19(21)23/h2-10,17H,11-13H2,1H3. The van der Waals surface area contributed by atoms with Gasteiger partial charge in [-0.3, -0.25) is 14.5 Å². The zero-order valence-corrected chi connectivity index (χ0v) is 13.2. The molecule has 1 heterocycles. The van der Waals surface area contributed by atoms with Crippen LogP contribution in [0.4, 0.5) is 0 Å². The van der Waals surface area contributed by atoms with E-state index in [2.05, 4.69) is 6.92 Å². The molecule has 1 atom stereocenters. The van der Waals surface area contributed by atoms with E-state index in [1.165, 1.54) is 17.7 Å². The number of amides is 2. The maximum Gasteiger partial charge on any atom is 0.262 e. The lowest BCUT2D eigenvalue weighted by atomic mass is 9.92. The van der Waals surface area contributed by atoms with Gasteiger partial charge >= 0.3 is 0 Å². The summed E-state index contributed by atoms with van der Waals surface area (Å²) in [5.41, 5.74) is 2.34. The molecule has 1 aliphatic carbocycles. The topological polar surface area (TPSA) is 37.4 Å². The number of rotatable bonds is 4. The molecule has 2 aliphatic rings. The molecule has 3 heteroatoms. The van der Waals surface area contributed by atoms with Gasteiger partial charge < -0.3 is 0 Å². The summed E-state index contributed by atoms with van der Waals surface area (Å²) < 4.78 is 0. The van der Waals surface area contributed by atoms with Gasteiger partial charge in [-0.2, -0.15) is 0 Å². The van der Waals surface area contributed by atoms with E-state index < -0.39 is 0 Å². The monoisotopic (exact) mass is 305 g/mol. The smallest absolute Gasteiger partial charge is 0.262 e. The lowest BCUT2D eigenvalue weighted by Gasteiger charge is -2.29. The fraction of sp³-hybridized carbons (Fsp3) is 0.300. The van der Waals surface area contributed by atoms with Gasteiger partial charge in [0.1, 0.15) is 0 Å². The highest BCUT2D eigenvalue weighted by Crippen LogP contribution is 2.53. The number of fused-ring (bicyclic) bond motifs is 1. The minimum atomic E-state index is -0.184. The largest absolute Gasteiger partial charge is 0.269 e. The van der Waals surface area contributed by atoms with Gasteiger partial charge in [0.05, 0.1) is 17.2 Å². The Hall–Kier alpha value is -2.42. The average Bonchev–Trinajstić information content (AvgIpc) is 3.26. The van der Waals surface area contributed by atoms with Gasteiger partial charge in [0.25, 0.3) is 11.8 Å². The molecule has 2 aromatic carbocycles. The first-order valence-electron chi connectivity index (χ1n) is 8.11. The second kappa shape index (κ2) is 5.05. The van der Waals surface area contributed by atoms with E-state index in [1.807, 2.05) is 42.5 Å². The average molecular weight is 305 g/mol. The van der Waals surface area contributed by atoms with Crippen molar-refractivity contribution in [3.05, 3.63) is 71.3 Å². The Kier molecular flexibility index (Phi) is 3.12. The maximum absolute atomic E-state index is 12.8. The second-order valence-corrected chi connectivity index (χ2v) is 6.97. The highest BCUT2D eigenvalue weighted by Gasteiger charge is 2.46. The molecule has 1 aliphatic heterocycles. The first kappa shape index (κ1) is 14.2. The molecular weight excluding hydrogens is 286 g/mol. The van der Waals surface area contributed by atoms with Crippen molar-refractivity contribution < 1.29 is 9.59 Å². The number of imide groups is 1. The van der Waals surface area contributed by atoms with Crippen molar-refractivity contribution in [1.29, 1.82) is 0 Å². The first-order chi connectivity index (χ1) is 11.1. The Morgan fingerprint density at radius 1 is 0.913 bits per heavy atom. The molecule has 0 saturated heterocycles. The minimum absolute atomic E-state index is 0.163. The Labute approximate surface area is 135 Å². The maximum atomic E-state index is 12.8. The number of hydrogen-bond donors (Lipinski definition) is 0. The van der Waals surface area contributed by atoms with Crippen molar-refractivity contribution in [2.75, 3.05) is 0 Å². The molecule has 2 amide bonds. The van der Waals surface area contributed by atoms with Crippen LogP contribution in [0.2, 0.25) is 0 Å². The number of carbonyl (C=O) groups excluding carboxylic acids is 2. The van der Waals surface area contributed by atoms with Crippen molar-refractivity contribution in [3.8, 4) is 0 Å². The summed E-state index contributed by atoms with van der Waals surface area (Å²) in [7, 11) is 0. The zero-order chi connectivity index (χ0) is 16.0. The molecule has 3 nitrogen and oxygen atoms in total. The van der Waals surface area contributed by atoms with Gasteiger partial charge in [0.15, 0.2) is 0 Å². The van der Waals surface area contributed by atoms with Crippen LogP contribution in [0, 0.1) is 5.41 Å². The molecule has 0 N–H and O–H groups in total. The third-order valence-electron chi connectivity index (χ3n) is 5.11. The van der Waals surface area contributed by atoms with Crippen LogP contribution in [0.1, 0.15) is 58.5 Å². The number of hydrogen-bond acceptors (Lipinski definition) is 2. The van der Waals surface area contributed by atoms with Crippen LogP contribution in [-0.4, -0.2) is 16.7 Å². The third-order valence-corrected chi connectivity index (χ3v) is 5.11. The number of nitrogens with zero attached hydrogens (tertiary/aromatic N) is 1. The number of carbonyl (C=O) groups is 2. The molecule has 23 heavy (non-hydrogen) atoms. The molecule has 0 spiro atoms. The van der Waals surface area contributed by atoms with Gasteiger partial charge in [-0.25, -0.2) is 0 Å². The lowest BCUT2D eigenvalue weighted by Crippen LogP contribution is -2.35. The first-order valence-corrected chi connectivity index (χ1v) is 8.11. The second-order valence-electron chi connectivity index (χ2n) is 6.97. The van der Waals surface area contributed by atoms with E-state index >= 15 is 0 Å². The highest BCUT2D eigenvalue weighted by atomic mass is 16.2. The predicted octanol–water partition coefficient (Wildman–Crippen LogP) is 4.21. The fourth-order valence-electron chi connectivity index (χ4n) is 3.41. The molecule has 2 aromatic rings. The quantitative estimate of drug-likeness (QED) is 0.793. The molecule has 1 unspecified atom stereocenters. The van der Waals surface area contributed by atoms with Gasteiger partial charge in [0.2, 0.25) is 0 Å². The van der Waals surface area contributed by atoms with Crippen molar-refractivity contribution in [2.24, 2.45) is 5.41 Å². The van der Waals surface area contributed by atoms with Crippen LogP contribution >= 0.6 is 0 Å². The van der Waals surface area contributed by atoms with E-state index in [-0.39, 0.29) is 23.3 Å². The fourth-order valence-corrected chi connectivity index (χ4v) is 3.41. The normalized spacial score (nSPS) is 19.6. The summed E-state index contributed by atoms with van der Waals surface area (Å²) >= 11 is 0. The lowest BCUT2D eigenvalue weighted by molar-refractivity contribution is 0.0557. The SMILES string of the molecule is CC1(CC(c2ccccc2)N2C(=O)c3ccccc3C2=O)CC1. The zero-order valence-electron chi connectivity index (χ0n) is 13.2. The summed E-state index contributed by atoms with van der Waals surface area (Å²) in [4.78, 5) is 27.1. The molecule has 4 rings (SSSR count). The molecule has 0 aromatic heterocycles. The van der Waals surface area contributed by atoms with Gasteiger partial charge in [-0.05, 0) is 42.4 Å². The van der Waals surface area contributed by atoms with Crippen LogP contribution in [0.25, 0.3) is 0 Å². The van der Waals surface area contributed by atoms with Crippen molar-refractivity contribution in [1.82, 2.24) is 4.90 Å². The van der Waals surface area contributed by atoms with E-state index in [4.69, 9.17) is 0 Å². The summed E-state index contributed by atoms with van der Waals surface area (Å²) in [5, 5.41) is 0. The van der Waals surface area contributed by atoms with E-state index in [0.29, 0.717) is 11.1 Å². The Bertz CT molecular complexity index is 742. The van der Waals surface area contributed by atoms with Gasteiger partial charge in [0, 0.05) is 0 Å². The van der Waals surface area contributed by atoms with Crippen molar-refractivity contribution in [2.45, 2.75) is 32.2 Å². The van der Waals surface area contributed by atoms with E-state index in [0.717, 1.165) is 12.0 Å². The van der Waals surface area contributed by atoms with Gasteiger partial charge in [-0.1, -0.05) is 49.4 Å². The highest BCUT2D eigenvalue weighted by molar-refractivity contribution is 6.21.